The van der Waals surface area contributed by atoms with E-state index in [0.29, 0.717) is 27.9 Å². The number of nitrogens with zero attached hydrogens (tertiary/aromatic N) is 3. The monoisotopic (exact) mass is 411 g/mol. The number of rotatable bonds is 7. The van der Waals surface area contributed by atoms with Crippen molar-refractivity contribution in [1.82, 2.24) is 14.8 Å². The van der Waals surface area contributed by atoms with Gasteiger partial charge in [0.1, 0.15) is 17.4 Å². The summed E-state index contributed by atoms with van der Waals surface area (Å²) in [6.07, 6.45) is 1.55. The van der Waals surface area contributed by atoms with Gasteiger partial charge in [-0.3, -0.25) is 9.36 Å². The third kappa shape index (κ3) is 4.27. The number of hydrogen-bond acceptors (Lipinski definition) is 5. The predicted octanol–water partition coefficient (Wildman–Crippen LogP) is 4.84. The molecule has 0 unspecified atom stereocenters. The van der Waals surface area contributed by atoms with Crippen molar-refractivity contribution in [1.29, 1.82) is 0 Å². The van der Waals surface area contributed by atoms with Gasteiger partial charge in [0.05, 0.1) is 24.1 Å². The second-order valence-electron chi connectivity index (χ2n) is 6.17. The Bertz CT molecular complexity index is 1130. The van der Waals surface area contributed by atoms with Crippen molar-refractivity contribution in [2.24, 2.45) is 0 Å². The molecule has 0 N–H and O–H groups in total. The van der Waals surface area contributed by atoms with Gasteiger partial charge < -0.3 is 4.42 Å². The zero-order valence-electron chi connectivity index (χ0n) is 15.1. The van der Waals surface area contributed by atoms with E-state index in [9.17, 15) is 13.6 Å². The van der Waals surface area contributed by atoms with Crippen LogP contribution in [0, 0.1) is 11.6 Å². The molecule has 8 heteroatoms. The van der Waals surface area contributed by atoms with Crippen molar-refractivity contribution in [3.63, 3.8) is 0 Å². The minimum absolute atomic E-state index is 0.0825. The number of hydrogen-bond donors (Lipinski definition) is 0. The Hall–Kier alpha value is -3.26. The number of thioether (sulfide) groups is 1. The Morgan fingerprint density at radius 3 is 2.52 bits per heavy atom. The first-order valence-corrected chi connectivity index (χ1v) is 9.72. The lowest BCUT2D eigenvalue weighted by molar-refractivity contribution is 0.102. The van der Waals surface area contributed by atoms with Crippen LogP contribution in [-0.4, -0.2) is 26.3 Å². The summed E-state index contributed by atoms with van der Waals surface area (Å²) in [5, 5.41) is 8.74. The molecule has 0 spiro atoms. The number of carbonyl (C=O) groups excluding carboxylic acids is 1. The molecule has 4 rings (SSSR count). The van der Waals surface area contributed by atoms with Crippen molar-refractivity contribution in [3.8, 4) is 11.4 Å². The number of ketones is 1. The Morgan fingerprint density at radius 1 is 1.00 bits per heavy atom. The molecular formula is C21H15F2N3O2S. The smallest absolute Gasteiger partial charge is 0.192 e. The summed E-state index contributed by atoms with van der Waals surface area (Å²) in [6, 6.07) is 15.2. The van der Waals surface area contributed by atoms with Gasteiger partial charge in [0.25, 0.3) is 0 Å². The van der Waals surface area contributed by atoms with Gasteiger partial charge in [0, 0.05) is 5.56 Å². The van der Waals surface area contributed by atoms with E-state index in [4.69, 9.17) is 4.42 Å². The number of carbonyl (C=O) groups is 1. The second kappa shape index (κ2) is 8.40. The molecule has 4 aromatic rings. The van der Waals surface area contributed by atoms with Crippen LogP contribution in [0.25, 0.3) is 11.4 Å². The molecule has 0 amide bonds. The summed E-state index contributed by atoms with van der Waals surface area (Å²) >= 11 is 1.18. The van der Waals surface area contributed by atoms with Crippen LogP contribution in [0.15, 0.2) is 76.5 Å². The van der Waals surface area contributed by atoms with Crippen LogP contribution >= 0.6 is 11.8 Å². The van der Waals surface area contributed by atoms with E-state index in [0.717, 1.165) is 0 Å². The topological polar surface area (TPSA) is 60.9 Å². The first-order chi connectivity index (χ1) is 14.1. The molecule has 0 aliphatic carbocycles. The maximum Gasteiger partial charge on any atom is 0.192 e. The zero-order valence-corrected chi connectivity index (χ0v) is 15.9. The van der Waals surface area contributed by atoms with Gasteiger partial charge in [-0.15, -0.1) is 10.2 Å². The van der Waals surface area contributed by atoms with Crippen molar-refractivity contribution in [3.05, 3.63) is 89.9 Å². The molecule has 146 valence electrons. The van der Waals surface area contributed by atoms with E-state index in [1.807, 2.05) is 0 Å². The maximum atomic E-state index is 14.3. The highest BCUT2D eigenvalue weighted by Gasteiger charge is 2.19. The molecule has 0 radical (unpaired) electrons. The van der Waals surface area contributed by atoms with Crippen LogP contribution in [0.5, 0.6) is 0 Å². The molecule has 0 aliphatic heterocycles. The van der Waals surface area contributed by atoms with Crippen LogP contribution in [0.3, 0.4) is 0 Å². The van der Waals surface area contributed by atoms with Crippen LogP contribution < -0.4 is 0 Å². The van der Waals surface area contributed by atoms with Gasteiger partial charge in [-0.25, -0.2) is 8.78 Å². The summed E-state index contributed by atoms with van der Waals surface area (Å²) in [6.45, 7) is 0.288. The standard InChI is InChI=1S/C21H15F2N3O2S/c22-15-9-7-14(8-10-15)19(27)13-29-21-25-24-20(17-5-1-2-6-18(17)23)26(21)12-16-4-3-11-28-16/h1-11H,12-13H2. The normalized spacial score (nSPS) is 11.0. The van der Waals surface area contributed by atoms with E-state index in [2.05, 4.69) is 10.2 Å². The molecular weight excluding hydrogens is 396 g/mol. The minimum Gasteiger partial charge on any atom is -0.467 e. The van der Waals surface area contributed by atoms with Crippen molar-refractivity contribution >= 4 is 17.5 Å². The molecule has 0 aliphatic rings. The SMILES string of the molecule is O=C(CSc1nnc(-c2ccccc2F)n1Cc1ccco1)c1ccc(F)cc1. The molecule has 5 nitrogen and oxygen atoms in total. The van der Waals surface area contributed by atoms with Gasteiger partial charge in [-0.1, -0.05) is 23.9 Å². The third-order valence-corrected chi connectivity index (χ3v) is 5.19. The highest BCUT2D eigenvalue weighted by Crippen LogP contribution is 2.27. The average molecular weight is 411 g/mol. The van der Waals surface area contributed by atoms with Crippen LogP contribution in [-0.2, 0) is 6.54 Å². The number of halogens is 2. The lowest BCUT2D eigenvalue weighted by Crippen LogP contribution is -2.07. The highest BCUT2D eigenvalue weighted by molar-refractivity contribution is 7.99. The molecule has 2 aromatic carbocycles. The third-order valence-electron chi connectivity index (χ3n) is 4.22. The highest BCUT2D eigenvalue weighted by atomic mass is 32.2. The van der Waals surface area contributed by atoms with Crippen LogP contribution in [0.2, 0.25) is 0 Å². The molecule has 0 atom stereocenters. The fourth-order valence-corrected chi connectivity index (χ4v) is 3.62. The molecule has 0 bridgehead atoms. The second-order valence-corrected chi connectivity index (χ2v) is 7.11. The predicted molar refractivity (Wildman–Crippen MR) is 105 cm³/mol. The fourth-order valence-electron chi connectivity index (χ4n) is 2.79. The van der Waals surface area contributed by atoms with E-state index < -0.39 is 11.6 Å². The van der Waals surface area contributed by atoms with Gasteiger partial charge in [0.2, 0.25) is 0 Å². The lowest BCUT2D eigenvalue weighted by Gasteiger charge is -2.09. The summed E-state index contributed by atoms with van der Waals surface area (Å²) in [5.74, 6) is 0.0842. The van der Waals surface area contributed by atoms with Crippen LogP contribution in [0.4, 0.5) is 8.78 Å². The molecule has 0 saturated carbocycles. The zero-order chi connectivity index (χ0) is 20.2. The van der Waals surface area contributed by atoms with Gasteiger partial charge >= 0.3 is 0 Å². The number of Topliss-reactive ketones (excluding diaryl/α,β-unsaturated/α-hetero) is 1. The van der Waals surface area contributed by atoms with E-state index in [1.165, 1.54) is 42.1 Å². The molecule has 29 heavy (non-hydrogen) atoms. The number of furan rings is 1. The van der Waals surface area contributed by atoms with Gasteiger partial charge in [0.15, 0.2) is 16.8 Å². The Morgan fingerprint density at radius 2 is 1.79 bits per heavy atom. The largest absolute Gasteiger partial charge is 0.467 e. The van der Waals surface area contributed by atoms with E-state index >= 15 is 0 Å². The summed E-state index contributed by atoms with van der Waals surface area (Å²) in [4.78, 5) is 12.4. The van der Waals surface area contributed by atoms with Crippen molar-refractivity contribution < 1.29 is 18.0 Å². The maximum absolute atomic E-state index is 14.3. The van der Waals surface area contributed by atoms with Crippen molar-refractivity contribution in [2.75, 3.05) is 5.75 Å². The van der Waals surface area contributed by atoms with Crippen molar-refractivity contribution in [2.45, 2.75) is 11.7 Å². The summed E-state index contributed by atoms with van der Waals surface area (Å²) in [7, 11) is 0. The first-order valence-electron chi connectivity index (χ1n) is 8.74. The first kappa shape index (κ1) is 19.1. The number of aromatic nitrogens is 3. The minimum atomic E-state index is -0.417. The summed E-state index contributed by atoms with van der Waals surface area (Å²) in [5.41, 5.74) is 0.716. The molecule has 2 aromatic heterocycles. The Labute approximate surface area is 169 Å². The van der Waals surface area contributed by atoms with E-state index in [-0.39, 0.29) is 18.1 Å². The van der Waals surface area contributed by atoms with Gasteiger partial charge in [-0.05, 0) is 48.5 Å². The Balaban J connectivity index is 1.61. The van der Waals surface area contributed by atoms with Gasteiger partial charge in [-0.2, -0.15) is 0 Å². The quantitative estimate of drug-likeness (QED) is 0.322. The molecule has 2 heterocycles. The van der Waals surface area contributed by atoms with Crippen LogP contribution in [0.1, 0.15) is 16.1 Å². The number of benzene rings is 2. The molecule has 0 saturated heterocycles. The Kier molecular flexibility index (Phi) is 5.53. The molecule has 0 fully saturated rings. The fraction of sp³-hybridized carbons (Fsp3) is 0.0952. The summed E-state index contributed by atoms with van der Waals surface area (Å²) < 4.78 is 34.5. The lowest BCUT2D eigenvalue weighted by atomic mass is 10.1. The average Bonchev–Trinajstić information content (AvgIpc) is 3.38. The van der Waals surface area contributed by atoms with E-state index in [1.54, 1.807) is 41.2 Å².